The number of fused-ring (bicyclic) bond motifs is 1. The molecule has 4 heterocycles. The number of benzene rings is 2. The summed E-state index contributed by atoms with van der Waals surface area (Å²) >= 11 is 0. The average molecular weight is 593 g/mol. The first-order valence-corrected chi connectivity index (χ1v) is 14.4. The second-order valence-corrected chi connectivity index (χ2v) is 10.9. The number of halogens is 3. The van der Waals surface area contributed by atoms with Gasteiger partial charge in [-0.1, -0.05) is 0 Å². The highest BCUT2D eigenvalue weighted by molar-refractivity contribution is 5.96. The number of aromatic nitrogens is 1. The first kappa shape index (κ1) is 28.6. The van der Waals surface area contributed by atoms with Gasteiger partial charge in [0, 0.05) is 74.1 Å². The lowest BCUT2D eigenvalue weighted by Gasteiger charge is -2.33. The van der Waals surface area contributed by atoms with Crippen LogP contribution in [0.1, 0.15) is 52.2 Å². The Bertz CT molecular complexity index is 1570. The Hall–Kier alpha value is -4.54. The third-order valence-corrected chi connectivity index (χ3v) is 8.06. The van der Waals surface area contributed by atoms with Crippen molar-refractivity contribution in [1.29, 1.82) is 0 Å². The Labute approximate surface area is 246 Å². The number of likely N-dealkylation sites (tertiary alicyclic amines) is 1. The van der Waals surface area contributed by atoms with Crippen LogP contribution in [0.4, 0.5) is 18.9 Å². The molecule has 4 aromatic rings. The number of alkyl halides is 3. The number of hydrogen-bond donors (Lipinski definition) is 1. The number of carbonyl (C=O) groups excluding carboxylic acids is 2. The highest BCUT2D eigenvalue weighted by Crippen LogP contribution is 2.32. The maximum absolute atomic E-state index is 13.0. The Morgan fingerprint density at radius 2 is 1.58 bits per heavy atom. The monoisotopic (exact) mass is 592 g/mol. The number of piperidine rings is 2. The number of anilines is 1. The normalized spacial score (nSPS) is 16.8. The first-order chi connectivity index (χ1) is 20.7. The Balaban J connectivity index is 0.997. The first-order valence-electron chi connectivity index (χ1n) is 14.4. The molecule has 2 fully saturated rings. The fraction of sp³-hybridized carbons (Fsp3) is 0.344. The molecule has 11 heteroatoms. The van der Waals surface area contributed by atoms with Gasteiger partial charge in [-0.3, -0.25) is 14.6 Å². The molecule has 224 valence electrons. The molecule has 6 rings (SSSR count). The van der Waals surface area contributed by atoms with Crippen LogP contribution in [0.15, 0.2) is 77.5 Å². The number of furan rings is 1. The number of nitrogens with zero attached hydrogens (tertiary/aromatic N) is 3. The predicted octanol–water partition coefficient (Wildman–Crippen LogP) is 5.93. The van der Waals surface area contributed by atoms with Crippen molar-refractivity contribution in [2.75, 3.05) is 31.1 Å². The SMILES string of the molecule is O=C(NC1CCN(C(=O)c2ccncc2)CC1)c1cc2cc(OC3CCN(c4ccc(C(F)(F)F)cc4)CC3)ccc2o1. The van der Waals surface area contributed by atoms with Crippen molar-refractivity contribution in [1.82, 2.24) is 15.2 Å². The molecule has 8 nitrogen and oxygen atoms in total. The van der Waals surface area contributed by atoms with E-state index in [-0.39, 0.29) is 29.7 Å². The number of ether oxygens (including phenoxy) is 1. The van der Waals surface area contributed by atoms with Crippen LogP contribution in [0.3, 0.4) is 0 Å². The molecule has 0 atom stereocenters. The van der Waals surface area contributed by atoms with E-state index in [1.54, 1.807) is 41.6 Å². The van der Waals surface area contributed by atoms with Gasteiger partial charge in [0.25, 0.3) is 11.8 Å². The number of carbonyl (C=O) groups is 2. The van der Waals surface area contributed by atoms with Gasteiger partial charge < -0.3 is 24.3 Å². The van der Waals surface area contributed by atoms with Crippen molar-refractivity contribution in [3.8, 4) is 5.75 Å². The summed E-state index contributed by atoms with van der Waals surface area (Å²) in [6.07, 6.45) is 1.58. The molecule has 2 aromatic heterocycles. The Morgan fingerprint density at radius 3 is 2.26 bits per heavy atom. The van der Waals surface area contributed by atoms with Crippen LogP contribution in [-0.2, 0) is 6.18 Å². The van der Waals surface area contributed by atoms with E-state index < -0.39 is 11.7 Å². The summed E-state index contributed by atoms with van der Waals surface area (Å²) in [5.74, 6) is 0.548. The number of nitrogens with one attached hydrogen (secondary N) is 1. The molecule has 2 amide bonds. The zero-order valence-electron chi connectivity index (χ0n) is 23.3. The van der Waals surface area contributed by atoms with Crippen molar-refractivity contribution in [2.45, 2.75) is 44.0 Å². The van der Waals surface area contributed by atoms with Crippen LogP contribution in [0.5, 0.6) is 5.75 Å². The van der Waals surface area contributed by atoms with Crippen molar-refractivity contribution in [3.05, 3.63) is 89.9 Å². The molecule has 0 aliphatic carbocycles. The zero-order chi connectivity index (χ0) is 30.0. The minimum atomic E-state index is -4.35. The van der Waals surface area contributed by atoms with Crippen molar-refractivity contribution < 1.29 is 31.9 Å². The van der Waals surface area contributed by atoms with Crippen LogP contribution in [0, 0.1) is 0 Å². The van der Waals surface area contributed by atoms with E-state index in [2.05, 4.69) is 15.2 Å². The second-order valence-electron chi connectivity index (χ2n) is 10.9. The molecule has 0 bridgehead atoms. The van der Waals surface area contributed by atoms with Crippen molar-refractivity contribution in [2.24, 2.45) is 0 Å². The fourth-order valence-corrected chi connectivity index (χ4v) is 5.65. The number of hydrogen-bond acceptors (Lipinski definition) is 6. The van der Waals surface area contributed by atoms with Gasteiger partial charge in [-0.25, -0.2) is 0 Å². The predicted molar refractivity (Wildman–Crippen MR) is 154 cm³/mol. The second kappa shape index (κ2) is 12.0. The summed E-state index contributed by atoms with van der Waals surface area (Å²) in [6.45, 7) is 2.45. The molecule has 2 aliphatic rings. The summed E-state index contributed by atoms with van der Waals surface area (Å²) in [4.78, 5) is 33.4. The summed E-state index contributed by atoms with van der Waals surface area (Å²) in [7, 11) is 0. The van der Waals surface area contributed by atoms with E-state index in [1.807, 2.05) is 12.1 Å². The zero-order valence-corrected chi connectivity index (χ0v) is 23.3. The summed E-state index contributed by atoms with van der Waals surface area (Å²) in [5.41, 5.74) is 1.29. The summed E-state index contributed by atoms with van der Waals surface area (Å²) < 4.78 is 50.6. The third-order valence-electron chi connectivity index (χ3n) is 8.06. The number of rotatable bonds is 6. The molecule has 1 N–H and O–H groups in total. The highest BCUT2D eigenvalue weighted by atomic mass is 19.4. The van der Waals surface area contributed by atoms with E-state index in [9.17, 15) is 22.8 Å². The van der Waals surface area contributed by atoms with E-state index in [0.717, 1.165) is 36.0 Å². The quantitative estimate of drug-likeness (QED) is 0.299. The van der Waals surface area contributed by atoms with Gasteiger partial charge in [-0.2, -0.15) is 13.2 Å². The molecular weight excluding hydrogens is 561 g/mol. The maximum atomic E-state index is 13.0. The number of amides is 2. The van der Waals surface area contributed by atoms with Gasteiger partial charge in [0.15, 0.2) is 5.76 Å². The van der Waals surface area contributed by atoms with Gasteiger partial charge in [-0.15, -0.1) is 0 Å². The lowest BCUT2D eigenvalue weighted by molar-refractivity contribution is -0.137. The Morgan fingerprint density at radius 1 is 0.884 bits per heavy atom. The van der Waals surface area contributed by atoms with Crippen LogP contribution in [-0.4, -0.2) is 60.0 Å². The topological polar surface area (TPSA) is 87.9 Å². The molecule has 2 aromatic carbocycles. The van der Waals surface area contributed by atoms with Gasteiger partial charge >= 0.3 is 6.18 Å². The minimum absolute atomic E-state index is 0.0332. The van der Waals surface area contributed by atoms with Crippen LogP contribution < -0.4 is 15.0 Å². The van der Waals surface area contributed by atoms with Crippen LogP contribution in [0.2, 0.25) is 0 Å². The van der Waals surface area contributed by atoms with Gasteiger partial charge in [-0.05, 0) is 73.5 Å². The molecule has 0 radical (unpaired) electrons. The maximum Gasteiger partial charge on any atom is 0.416 e. The van der Waals surface area contributed by atoms with Crippen molar-refractivity contribution in [3.63, 3.8) is 0 Å². The van der Waals surface area contributed by atoms with Crippen LogP contribution in [0.25, 0.3) is 11.0 Å². The Kier molecular flexibility index (Phi) is 7.96. The lowest BCUT2D eigenvalue weighted by Crippen LogP contribution is -2.46. The van der Waals surface area contributed by atoms with Crippen molar-refractivity contribution >= 4 is 28.5 Å². The molecule has 0 saturated carbocycles. The fourth-order valence-electron chi connectivity index (χ4n) is 5.65. The van der Waals surface area contributed by atoms with Gasteiger partial charge in [0.05, 0.1) is 5.56 Å². The lowest BCUT2D eigenvalue weighted by atomic mass is 10.0. The van der Waals surface area contributed by atoms with Crippen LogP contribution >= 0.6 is 0 Å². The molecular formula is C32H31F3N4O4. The molecule has 2 aliphatic heterocycles. The van der Waals surface area contributed by atoms with E-state index in [1.165, 1.54) is 12.1 Å². The highest BCUT2D eigenvalue weighted by Gasteiger charge is 2.31. The van der Waals surface area contributed by atoms with Gasteiger partial charge in [0.1, 0.15) is 17.4 Å². The van der Waals surface area contributed by atoms with E-state index in [0.29, 0.717) is 55.9 Å². The third kappa shape index (κ3) is 6.60. The molecule has 43 heavy (non-hydrogen) atoms. The number of pyridine rings is 1. The molecule has 2 saturated heterocycles. The van der Waals surface area contributed by atoms with E-state index >= 15 is 0 Å². The summed E-state index contributed by atoms with van der Waals surface area (Å²) in [5, 5.41) is 3.78. The molecule has 0 spiro atoms. The molecule has 0 unspecified atom stereocenters. The smallest absolute Gasteiger partial charge is 0.416 e. The van der Waals surface area contributed by atoms with E-state index in [4.69, 9.17) is 9.15 Å². The standard InChI is InChI=1S/C32H31F3N4O4/c33-32(34,35)23-1-3-25(4-2-23)38-17-11-26(12-18-38)42-27-5-6-28-22(19-27)20-29(43-28)30(40)37-24-9-15-39(16-10-24)31(41)21-7-13-36-14-8-21/h1-8,13-14,19-20,24,26H,9-12,15-18H2,(H,37,40). The van der Waals surface area contributed by atoms with Gasteiger partial charge in [0.2, 0.25) is 0 Å². The summed E-state index contributed by atoms with van der Waals surface area (Å²) in [6, 6.07) is 15.7. The largest absolute Gasteiger partial charge is 0.490 e. The average Bonchev–Trinajstić information content (AvgIpc) is 3.45. The minimum Gasteiger partial charge on any atom is -0.490 e.